The maximum absolute atomic E-state index is 12.5. The predicted octanol–water partition coefficient (Wildman–Crippen LogP) is -0.372. The number of aryl methyl sites for hydroxylation is 2. The Morgan fingerprint density at radius 3 is 1.95 bits per heavy atom. The van der Waals surface area contributed by atoms with Crippen LogP contribution in [0.25, 0.3) is 0 Å². The molecule has 0 fully saturated rings. The van der Waals surface area contributed by atoms with Crippen LogP contribution in [0.3, 0.4) is 0 Å². The highest BCUT2D eigenvalue weighted by Crippen LogP contribution is 2.23. The number of rotatable bonds is 6. The molecule has 0 radical (unpaired) electrons. The summed E-state index contributed by atoms with van der Waals surface area (Å²) in [6.07, 6.45) is 0. The SMILES string of the molecule is COC(=O)CN(CC(=O)OC)S(=O)(=O)c1c(C)noc1C. The molecule has 9 nitrogen and oxygen atoms in total. The lowest BCUT2D eigenvalue weighted by Crippen LogP contribution is -2.40. The maximum atomic E-state index is 12.5. The van der Waals surface area contributed by atoms with Crippen molar-refractivity contribution in [1.29, 1.82) is 0 Å². The normalized spacial score (nSPS) is 11.5. The van der Waals surface area contributed by atoms with Crippen molar-refractivity contribution in [1.82, 2.24) is 9.46 Å². The van der Waals surface area contributed by atoms with E-state index < -0.39 is 35.1 Å². The first-order valence-corrected chi connectivity index (χ1v) is 7.24. The first-order valence-electron chi connectivity index (χ1n) is 5.80. The number of aromatic nitrogens is 1. The Labute approximate surface area is 121 Å². The summed E-state index contributed by atoms with van der Waals surface area (Å²) in [6, 6.07) is 0. The number of esters is 2. The Kier molecular flexibility index (Phi) is 5.44. The Morgan fingerprint density at radius 2 is 1.62 bits per heavy atom. The minimum atomic E-state index is -4.15. The van der Waals surface area contributed by atoms with E-state index in [4.69, 9.17) is 4.52 Å². The lowest BCUT2D eigenvalue weighted by Gasteiger charge is -2.19. The van der Waals surface area contributed by atoms with Crippen LogP contribution in [0.5, 0.6) is 0 Å². The van der Waals surface area contributed by atoms with Gasteiger partial charge in [-0.15, -0.1) is 0 Å². The maximum Gasteiger partial charge on any atom is 0.321 e. The fraction of sp³-hybridized carbons (Fsp3) is 0.545. The molecule has 1 aromatic heterocycles. The highest BCUT2D eigenvalue weighted by atomic mass is 32.2. The van der Waals surface area contributed by atoms with E-state index in [2.05, 4.69) is 14.6 Å². The van der Waals surface area contributed by atoms with Crippen LogP contribution in [0.15, 0.2) is 9.42 Å². The Balaban J connectivity index is 3.23. The van der Waals surface area contributed by atoms with Crippen molar-refractivity contribution >= 4 is 22.0 Å². The highest BCUT2D eigenvalue weighted by molar-refractivity contribution is 7.89. The zero-order valence-electron chi connectivity index (χ0n) is 12.1. The lowest BCUT2D eigenvalue weighted by atomic mass is 10.4. The lowest BCUT2D eigenvalue weighted by molar-refractivity contribution is -0.143. The summed E-state index contributed by atoms with van der Waals surface area (Å²) >= 11 is 0. The van der Waals surface area contributed by atoms with Gasteiger partial charge < -0.3 is 14.0 Å². The molecule has 0 aromatic carbocycles. The summed E-state index contributed by atoms with van der Waals surface area (Å²) in [4.78, 5) is 22.5. The molecule has 118 valence electrons. The molecule has 0 amide bonds. The van der Waals surface area contributed by atoms with E-state index >= 15 is 0 Å². The van der Waals surface area contributed by atoms with E-state index in [-0.39, 0.29) is 16.3 Å². The van der Waals surface area contributed by atoms with Crippen LogP contribution in [0.1, 0.15) is 11.5 Å². The second kappa shape index (κ2) is 6.68. The Bertz CT molecular complexity index is 597. The largest absolute Gasteiger partial charge is 0.468 e. The van der Waals surface area contributed by atoms with Gasteiger partial charge in [0.05, 0.1) is 14.2 Å². The molecule has 0 spiro atoms. The second-order valence-electron chi connectivity index (χ2n) is 4.08. The molecule has 0 saturated heterocycles. The quantitative estimate of drug-likeness (QED) is 0.652. The van der Waals surface area contributed by atoms with E-state index in [1.165, 1.54) is 13.8 Å². The van der Waals surface area contributed by atoms with E-state index in [1.807, 2.05) is 0 Å². The van der Waals surface area contributed by atoms with Crippen LogP contribution >= 0.6 is 0 Å². The summed E-state index contributed by atoms with van der Waals surface area (Å²) in [5.74, 6) is -1.56. The van der Waals surface area contributed by atoms with Gasteiger partial charge >= 0.3 is 11.9 Å². The van der Waals surface area contributed by atoms with E-state index in [9.17, 15) is 18.0 Å². The van der Waals surface area contributed by atoms with Gasteiger partial charge in [0.2, 0.25) is 10.0 Å². The number of hydrogen-bond donors (Lipinski definition) is 0. The van der Waals surface area contributed by atoms with Crippen molar-refractivity contribution in [2.24, 2.45) is 0 Å². The molecule has 0 saturated carbocycles. The van der Waals surface area contributed by atoms with Crippen molar-refractivity contribution < 1.29 is 32.0 Å². The average molecular weight is 320 g/mol. The van der Waals surface area contributed by atoms with Gasteiger partial charge in [-0.3, -0.25) is 9.59 Å². The molecule has 0 unspecified atom stereocenters. The van der Waals surface area contributed by atoms with Gasteiger partial charge in [0.1, 0.15) is 23.7 Å². The van der Waals surface area contributed by atoms with Crippen LogP contribution < -0.4 is 0 Å². The summed E-state index contributed by atoms with van der Waals surface area (Å²) in [5.41, 5.74) is 0.132. The Morgan fingerprint density at radius 1 is 1.14 bits per heavy atom. The van der Waals surface area contributed by atoms with Crippen LogP contribution in [0.4, 0.5) is 0 Å². The molecule has 0 aliphatic carbocycles. The van der Waals surface area contributed by atoms with E-state index in [0.717, 1.165) is 14.2 Å². The van der Waals surface area contributed by atoms with E-state index in [0.29, 0.717) is 4.31 Å². The third-order valence-electron chi connectivity index (χ3n) is 2.63. The molecule has 1 heterocycles. The Hall–Kier alpha value is -1.94. The van der Waals surface area contributed by atoms with Crippen LogP contribution in [-0.4, -0.2) is 57.1 Å². The summed E-state index contributed by atoms with van der Waals surface area (Å²) in [6.45, 7) is 1.61. The molecule has 0 atom stereocenters. The number of nitrogens with zero attached hydrogens (tertiary/aromatic N) is 2. The van der Waals surface area contributed by atoms with Crippen molar-refractivity contribution in [2.45, 2.75) is 18.7 Å². The number of ether oxygens (including phenoxy) is 2. The minimum absolute atomic E-state index is 0.0623. The number of carbonyl (C=O) groups excluding carboxylic acids is 2. The summed E-state index contributed by atoms with van der Waals surface area (Å²) in [5, 5.41) is 3.55. The van der Waals surface area contributed by atoms with Crippen molar-refractivity contribution in [3.63, 3.8) is 0 Å². The smallest absolute Gasteiger partial charge is 0.321 e. The standard InChI is InChI=1S/C11H16N2O7S/c1-7-11(8(2)20-12-7)21(16,17)13(5-9(14)18-3)6-10(15)19-4/h5-6H2,1-4H3. The molecule has 1 rings (SSSR count). The van der Waals surface area contributed by atoms with Crippen LogP contribution in [0, 0.1) is 13.8 Å². The molecular formula is C11H16N2O7S. The average Bonchev–Trinajstić information content (AvgIpc) is 2.77. The fourth-order valence-electron chi connectivity index (χ4n) is 1.61. The molecule has 21 heavy (non-hydrogen) atoms. The molecule has 0 bridgehead atoms. The molecule has 0 aliphatic rings. The monoisotopic (exact) mass is 320 g/mol. The highest BCUT2D eigenvalue weighted by Gasteiger charge is 2.34. The molecule has 0 N–H and O–H groups in total. The van der Waals surface area contributed by atoms with Gasteiger partial charge in [-0.25, -0.2) is 8.42 Å². The summed E-state index contributed by atoms with van der Waals surface area (Å²) in [7, 11) is -1.93. The van der Waals surface area contributed by atoms with Gasteiger partial charge in [-0.1, -0.05) is 5.16 Å². The third-order valence-corrected chi connectivity index (χ3v) is 4.67. The zero-order chi connectivity index (χ0) is 16.2. The minimum Gasteiger partial charge on any atom is -0.468 e. The van der Waals surface area contributed by atoms with Gasteiger partial charge in [0, 0.05) is 0 Å². The third kappa shape index (κ3) is 3.79. The number of methoxy groups -OCH3 is 2. The first-order chi connectivity index (χ1) is 9.73. The topological polar surface area (TPSA) is 116 Å². The van der Waals surface area contributed by atoms with Crippen LogP contribution in [-0.2, 0) is 29.1 Å². The van der Waals surface area contributed by atoms with Gasteiger partial charge in [0.25, 0.3) is 0 Å². The zero-order valence-corrected chi connectivity index (χ0v) is 12.9. The van der Waals surface area contributed by atoms with Crippen molar-refractivity contribution in [3.05, 3.63) is 11.5 Å². The summed E-state index contributed by atoms with van der Waals surface area (Å²) < 4.78 is 39.4. The van der Waals surface area contributed by atoms with E-state index in [1.54, 1.807) is 0 Å². The predicted molar refractivity (Wildman–Crippen MR) is 68.8 cm³/mol. The number of hydrogen-bond acceptors (Lipinski definition) is 8. The van der Waals surface area contributed by atoms with Crippen molar-refractivity contribution in [3.8, 4) is 0 Å². The number of carbonyl (C=O) groups is 2. The van der Waals surface area contributed by atoms with Gasteiger partial charge in [-0.05, 0) is 13.8 Å². The van der Waals surface area contributed by atoms with Gasteiger partial charge in [0.15, 0.2) is 5.76 Å². The van der Waals surface area contributed by atoms with Crippen LogP contribution in [0.2, 0.25) is 0 Å². The molecule has 1 aromatic rings. The molecule has 0 aliphatic heterocycles. The second-order valence-corrected chi connectivity index (χ2v) is 5.95. The fourth-order valence-corrected chi connectivity index (χ4v) is 3.23. The molecule has 10 heteroatoms. The van der Waals surface area contributed by atoms with Crippen molar-refractivity contribution in [2.75, 3.05) is 27.3 Å². The first kappa shape index (κ1) is 17.1. The van der Waals surface area contributed by atoms with Gasteiger partial charge in [-0.2, -0.15) is 4.31 Å². The number of sulfonamides is 1. The molecular weight excluding hydrogens is 304 g/mol.